The van der Waals surface area contributed by atoms with Crippen LogP contribution in [0.4, 0.5) is 5.69 Å². The highest BCUT2D eigenvalue weighted by Crippen LogP contribution is 2.23. The predicted octanol–water partition coefficient (Wildman–Crippen LogP) is 2.53. The Bertz CT molecular complexity index is 455. The van der Waals surface area contributed by atoms with Crippen molar-refractivity contribution in [3.8, 4) is 0 Å². The number of amides is 1. The van der Waals surface area contributed by atoms with Gasteiger partial charge in [0.05, 0.1) is 6.54 Å². The Hall–Kier alpha value is -1.39. The molecule has 1 saturated carbocycles. The summed E-state index contributed by atoms with van der Waals surface area (Å²) in [5.41, 5.74) is 7.66. The molecule has 0 spiro atoms. The maximum atomic E-state index is 12.3. The van der Waals surface area contributed by atoms with Crippen LogP contribution in [0.25, 0.3) is 0 Å². The Labute approximate surface area is 127 Å². The Morgan fingerprint density at radius 3 is 2.81 bits per heavy atom. The van der Waals surface area contributed by atoms with E-state index in [1.165, 1.54) is 25.7 Å². The number of hydrogen-bond donors (Lipinski definition) is 2. The quantitative estimate of drug-likeness (QED) is 0.811. The summed E-state index contributed by atoms with van der Waals surface area (Å²) in [5, 5.41) is 3.00. The number of benzene rings is 1. The van der Waals surface area contributed by atoms with Gasteiger partial charge in [0.15, 0.2) is 0 Å². The number of hydrogen-bond acceptors (Lipinski definition) is 3. The zero-order valence-corrected chi connectivity index (χ0v) is 13.0. The molecule has 0 saturated heterocycles. The van der Waals surface area contributed by atoms with Crippen molar-refractivity contribution in [2.24, 2.45) is 5.73 Å². The molecule has 0 heterocycles. The number of carbonyl (C=O) groups is 1. The van der Waals surface area contributed by atoms with Gasteiger partial charge in [-0.1, -0.05) is 25.0 Å². The van der Waals surface area contributed by atoms with E-state index in [1.807, 2.05) is 31.2 Å². The molecule has 21 heavy (non-hydrogen) atoms. The molecular formula is C17H27N3O. The molecule has 0 aromatic heterocycles. The molecule has 0 aliphatic heterocycles. The van der Waals surface area contributed by atoms with Crippen LogP contribution in [0.3, 0.4) is 0 Å². The molecular weight excluding hydrogens is 262 g/mol. The fourth-order valence-corrected chi connectivity index (χ4v) is 3.06. The molecule has 3 N–H and O–H groups in total. The van der Waals surface area contributed by atoms with Crippen molar-refractivity contribution in [2.75, 3.05) is 25.0 Å². The molecule has 1 aromatic rings. The van der Waals surface area contributed by atoms with Crippen LogP contribution >= 0.6 is 0 Å². The summed E-state index contributed by atoms with van der Waals surface area (Å²) in [5.74, 6) is 0.0736. The number of aryl methyl sites for hydroxylation is 1. The molecule has 0 radical (unpaired) electrons. The molecule has 0 bridgehead atoms. The highest BCUT2D eigenvalue weighted by molar-refractivity contribution is 5.92. The largest absolute Gasteiger partial charge is 0.330 e. The van der Waals surface area contributed by atoms with E-state index in [0.29, 0.717) is 19.1 Å². The number of carbonyl (C=O) groups excluding carboxylic acids is 1. The van der Waals surface area contributed by atoms with Crippen LogP contribution in [-0.2, 0) is 4.79 Å². The third-order valence-corrected chi connectivity index (χ3v) is 4.14. The number of rotatable bonds is 7. The van der Waals surface area contributed by atoms with Gasteiger partial charge in [-0.3, -0.25) is 9.69 Å². The van der Waals surface area contributed by atoms with E-state index in [-0.39, 0.29) is 5.91 Å². The highest BCUT2D eigenvalue weighted by Gasteiger charge is 2.23. The maximum Gasteiger partial charge on any atom is 0.238 e. The smallest absolute Gasteiger partial charge is 0.238 e. The second-order valence-electron chi connectivity index (χ2n) is 5.97. The summed E-state index contributed by atoms with van der Waals surface area (Å²) < 4.78 is 0. The molecule has 0 unspecified atom stereocenters. The lowest BCUT2D eigenvalue weighted by Gasteiger charge is -2.28. The first-order valence-corrected chi connectivity index (χ1v) is 7.99. The van der Waals surface area contributed by atoms with Crippen LogP contribution in [-0.4, -0.2) is 36.5 Å². The number of anilines is 1. The van der Waals surface area contributed by atoms with Crippen molar-refractivity contribution < 1.29 is 4.79 Å². The predicted molar refractivity (Wildman–Crippen MR) is 87.3 cm³/mol. The first-order valence-electron chi connectivity index (χ1n) is 7.99. The Morgan fingerprint density at radius 2 is 2.14 bits per heavy atom. The van der Waals surface area contributed by atoms with Gasteiger partial charge in [-0.05, 0) is 50.4 Å². The van der Waals surface area contributed by atoms with Gasteiger partial charge < -0.3 is 11.1 Å². The lowest BCUT2D eigenvalue weighted by Crippen LogP contribution is -2.40. The van der Waals surface area contributed by atoms with E-state index in [2.05, 4.69) is 10.2 Å². The van der Waals surface area contributed by atoms with Crippen molar-refractivity contribution >= 4 is 11.6 Å². The highest BCUT2D eigenvalue weighted by atomic mass is 16.2. The van der Waals surface area contributed by atoms with Crippen LogP contribution in [0.2, 0.25) is 0 Å². The molecule has 4 heteroatoms. The maximum absolute atomic E-state index is 12.3. The Balaban J connectivity index is 1.90. The van der Waals surface area contributed by atoms with Gasteiger partial charge in [0, 0.05) is 18.3 Å². The standard InChI is InChI=1S/C17H27N3O/c1-14-6-4-7-15(12-14)19-17(21)13-20(11-5-10-18)16-8-2-3-9-16/h4,6-7,12,16H,2-3,5,8-11,13,18H2,1H3,(H,19,21). The second kappa shape index (κ2) is 8.15. The van der Waals surface area contributed by atoms with E-state index in [0.717, 1.165) is 24.2 Å². The fourth-order valence-electron chi connectivity index (χ4n) is 3.06. The van der Waals surface area contributed by atoms with Crippen molar-refractivity contribution in [1.29, 1.82) is 0 Å². The van der Waals surface area contributed by atoms with Crippen molar-refractivity contribution in [3.63, 3.8) is 0 Å². The topological polar surface area (TPSA) is 58.4 Å². The zero-order valence-electron chi connectivity index (χ0n) is 13.0. The fraction of sp³-hybridized carbons (Fsp3) is 0.588. The summed E-state index contributed by atoms with van der Waals surface area (Å²) in [6.45, 7) is 4.10. The normalized spacial score (nSPS) is 15.6. The van der Waals surface area contributed by atoms with Crippen LogP contribution in [0.1, 0.15) is 37.7 Å². The van der Waals surface area contributed by atoms with Gasteiger partial charge in [0.1, 0.15) is 0 Å². The summed E-state index contributed by atoms with van der Waals surface area (Å²) in [4.78, 5) is 14.6. The second-order valence-corrected chi connectivity index (χ2v) is 5.97. The summed E-state index contributed by atoms with van der Waals surface area (Å²) in [7, 11) is 0. The first-order chi connectivity index (χ1) is 10.2. The average molecular weight is 289 g/mol. The van der Waals surface area contributed by atoms with E-state index in [4.69, 9.17) is 5.73 Å². The third-order valence-electron chi connectivity index (χ3n) is 4.14. The van der Waals surface area contributed by atoms with Gasteiger partial charge in [-0.2, -0.15) is 0 Å². The minimum atomic E-state index is 0.0736. The van der Waals surface area contributed by atoms with Crippen LogP contribution < -0.4 is 11.1 Å². The van der Waals surface area contributed by atoms with Crippen LogP contribution in [0, 0.1) is 6.92 Å². The van der Waals surface area contributed by atoms with Gasteiger partial charge in [0.2, 0.25) is 5.91 Å². The minimum Gasteiger partial charge on any atom is -0.330 e. The van der Waals surface area contributed by atoms with E-state index in [1.54, 1.807) is 0 Å². The van der Waals surface area contributed by atoms with E-state index in [9.17, 15) is 4.79 Å². The molecule has 2 rings (SSSR count). The molecule has 1 aliphatic rings. The van der Waals surface area contributed by atoms with E-state index < -0.39 is 0 Å². The third kappa shape index (κ3) is 5.14. The molecule has 1 fully saturated rings. The van der Waals surface area contributed by atoms with Crippen molar-refractivity contribution in [3.05, 3.63) is 29.8 Å². The summed E-state index contributed by atoms with van der Waals surface area (Å²) in [6.07, 6.45) is 5.94. The summed E-state index contributed by atoms with van der Waals surface area (Å²) in [6, 6.07) is 8.48. The molecule has 1 aromatic carbocycles. The molecule has 4 nitrogen and oxygen atoms in total. The Morgan fingerprint density at radius 1 is 1.38 bits per heavy atom. The minimum absolute atomic E-state index is 0.0736. The van der Waals surface area contributed by atoms with Crippen molar-refractivity contribution in [2.45, 2.75) is 45.1 Å². The van der Waals surface area contributed by atoms with E-state index >= 15 is 0 Å². The number of nitrogens with zero attached hydrogens (tertiary/aromatic N) is 1. The molecule has 116 valence electrons. The monoisotopic (exact) mass is 289 g/mol. The number of nitrogens with two attached hydrogens (primary N) is 1. The Kier molecular flexibility index (Phi) is 6.21. The van der Waals surface area contributed by atoms with Crippen molar-refractivity contribution in [1.82, 2.24) is 4.90 Å². The lowest BCUT2D eigenvalue weighted by molar-refractivity contribution is -0.117. The van der Waals surface area contributed by atoms with Gasteiger partial charge in [0.25, 0.3) is 0 Å². The van der Waals surface area contributed by atoms with Crippen LogP contribution in [0.15, 0.2) is 24.3 Å². The number of nitrogens with one attached hydrogen (secondary N) is 1. The zero-order chi connectivity index (χ0) is 15.1. The van der Waals surface area contributed by atoms with Crippen LogP contribution in [0.5, 0.6) is 0 Å². The summed E-state index contributed by atoms with van der Waals surface area (Å²) >= 11 is 0. The molecule has 0 atom stereocenters. The lowest BCUT2D eigenvalue weighted by atomic mass is 10.2. The molecule has 1 aliphatic carbocycles. The SMILES string of the molecule is Cc1cccc(NC(=O)CN(CCCN)C2CCCC2)c1. The molecule has 1 amide bonds. The average Bonchev–Trinajstić information content (AvgIpc) is 2.97. The first kappa shape index (κ1) is 16.0. The van der Waals surface area contributed by atoms with Gasteiger partial charge in [-0.15, -0.1) is 0 Å². The van der Waals surface area contributed by atoms with Gasteiger partial charge in [-0.25, -0.2) is 0 Å². The van der Waals surface area contributed by atoms with Gasteiger partial charge >= 0.3 is 0 Å².